The average molecular weight is 297 g/mol. The summed E-state index contributed by atoms with van der Waals surface area (Å²) in [5.41, 5.74) is -1.37. The van der Waals surface area contributed by atoms with Crippen LogP contribution in [-0.2, 0) is 17.5 Å². The van der Waals surface area contributed by atoms with Crippen molar-refractivity contribution in [3.05, 3.63) is 35.4 Å². The number of amides is 1. The summed E-state index contributed by atoms with van der Waals surface area (Å²) in [5.74, 6) is 0. The van der Waals surface area contributed by atoms with E-state index < -0.39 is 66.8 Å². The molecule has 2 heterocycles. The van der Waals surface area contributed by atoms with Gasteiger partial charge in [-0.05, 0) is 50.1 Å². The molecule has 1 aromatic carbocycles. The van der Waals surface area contributed by atoms with E-state index in [2.05, 4.69) is 10.3 Å². The zero-order valence-corrected chi connectivity index (χ0v) is 11.5. The lowest BCUT2D eigenvalue weighted by Gasteiger charge is -2.09. The van der Waals surface area contributed by atoms with Crippen molar-refractivity contribution in [2.24, 2.45) is 0 Å². The summed E-state index contributed by atoms with van der Waals surface area (Å²) in [6.45, 7) is -3.00. The van der Waals surface area contributed by atoms with Crippen LogP contribution in [0, 0.1) is 0 Å². The maximum Gasteiger partial charge on any atom is 0.407 e. The Bertz CT molecular complexity index is 1070. The molecule has 1 fully saturated rings. The Labute approximate surface area is 138 Å². The summed E-state index contributed by atoms with van der Waals surface area (Å²) in [7, 11) is 2.62. The highest BCUT2D eigenvalue weighted by Crippen LogP contribution is 2.21. The second-order valence-corrected chi connectivity index (χ2v) is 4.70. The van der Waals surface area contributed by atoms with Crippen LogP contribution in [0.4, 0.5) is 4.79 Å². The number of carbonyl (C=O) groups excluding carboxylic acids is 1. The number of fused-ring (bicyclic) bond motifs is 1. The number of rotatable bonds is 5. The average Bonchev–Trinajstić information content (AvgIpc) is 3.23. The summed E-state index contributed by atoms with van der Waals surface area (Å²) in [6, 6.07) is -3.15. The van der Waals surface area contributed by atoms with Crippen molar-refractivity contribution in [2.75, 3.05) is 27.2 Å². The van der Waals surface area contributed by atoms with Crippen LogP contribution in [0.2, 0.25) is 0 Å². The van der Waals surface area contributed by atoms with Gasteiger partial charge in [0.2, 0.25) is 0 Å². The number of hydrogen-bond donors (Lipinski definition) is 2. The first-order valence-corrected chi connectivity index (χ1v) is 6.30. The lowest BCUT2D eigenvalue weighted by Crippen LogP contribution is -2.28. The quantitative estimate of drug-likeness (QED) is 0.886. The zero-order chi connectivity index (χ0) is 23.7. The largest absolute Gasteiger partial charge is 0.447 e. The van der Waals surface area contributed by atoms with Gasteiger partial charge in [-0.2, -0.15) is 0 Å². The number of aromatic amines is 1. The molecule has 1 amide bonds. The first kappa shape index (κ1) is 6.40. The number of benzene rings is 1. The molecule has 1 saturated heterocycles. The number of alkyl carbamates (subject to hydrolysis) is 1. The normalized spacial score (nSPS) is 27.2. The summed E-state index contributed by atoms with van der Waals surface area (Å²) < 4.78 is 88.1. The fraction of sp³-hybridized carbons (Fsp3) is 0.438. The Morgan fingerprint density at radius 2 is 2.38 bits per heavy atom. The van der Waals surface area contributed by atoms with Gasteiger partial charge in [0.1, 0.15) is 6.61 Å². The number of hydrogen-bond acceptors (Lipinski definition) is 3. The van der Waals surface area contributed by atoms with Crippen LogP contribution in [0.3, 0.4) is 0 Å². The molecule has 0 unspecified atom stereocenters. The van der Waals surface area contributed by atoms with Crippen molar-refractivity contribution in [3.63, 3.8) is 0 Å². The van der Waals surface area contributed by atoms with E-state index in [-0.39, 0.29) is 17.5 Å². The van der Waals surface area contributed by atoms with E-state index in [4.69, 9.17) is 18.4 Å². The number of likely N-dealkylation sites (N-methyl/N-ethyl adjacent to an activating group) is 1. The third kappa shape index (κ3) is 3.19. The molecule has 21 heavy (non-hydrogen) atoms. The molecular formula is C16H21N3O2. The minimum atomic E-state index is -2.84. The summed E-state index contributed by atoms with van der Waals surface area (Å²) >= 11 is 0. The van der Waals surface area contributed by atoms with E-state index in [1.807, 2.05) is 0 Å². The molecule has 2 N–H and O–H groups in total. The molecule has 0 bridgehead atoms. The van der Waals surface area contributed by atoms with Gasteiger partial charge in [-0.1, -0.05) is 6.04 Å². The smallest absolute Gasteiger partial charge is 0.407 e. The van der Waals surface area contributed by atoms with Gasteiger partial charge in [0.15, 0.2) is 0 Å². The number of aryl methyl sites for hydroxylation is 1. The molecule has 0 radical (unpaired) electrons. The molecule has 1 aromatic heterocycles. The maximum absolute atomic E-state index is 11.4. The number of aromatic nitrogens is 1. The lowest BCUT2D eigenvalue weighted by atomic mass is 10.0. The summed E-state index contributed by atoms with van der Waals surface area (Å²) in [6.07, 6.45) is -6.83. The molecule has 5 heteroatoms. The number of nitrogens with one attached hydrogen (secondary N) is 2. The fourth-order valence-corrected chi connectivity index (χ4v) is 1.85. The minimum Gasteiger partial charge on any atom is -0.447 e. The molecule has 1 aliphatic heterocycles. The van der Waals surface area contributed by atoms with E-state index in [0.717, 1.165) is 4.90 Å². The van der Waals surface area contributed by atoms with E-state index in [1.54, 1.807) is 0 Å². The van der Waals surface area contributed by atoms with Gasteiger partial charge < -0.3 is 19.9 Å². The van der Waals surface area contributed by atoms with Crippen molar-refractivity contribution in [3.8, 4) is 0 Å². The van der Waals surface area contributed by atoms with Gasteiger partial charge in [0.25, 0.3) is 0 Å². The number of cyclic esters (lactones) is 1. The first-order valence-electron chi connectivity index (χ1n) is 11.3. The highest BCUT2D eigenvalue weighted by atomic mass is 16.6. The predicted molar refractivity (Wildman–Crippen MR) is 82.5 cm³/mol. The monoisotopic (exact) mass is 297 g/mol. The first-order chi connectivity index (χ1) is 14.1. The van der Waals surface area contributed by atoms with E-state index in [1.165, 1.54) is 14.1 Å². The van der Waals surface area contributed by atoms with Gasteiger partial charge >= 0.3 is 6.09 Å². The molecule has 0 spiro atoms. The third-order valence-electron chi connectivity index (χ3n) is 2.77. The number of ether oxygens (including phenoxy) is 1. The number of carbonyl (C=O) groups is 1. The SMILES string of the molecule is [2H]c1[nH]c2c([2H])c([2H])c(C([2H])([2H])[C@H]3COC(=O)N3)c([2H])c2c1C([2H])([2H])C([2H])([2H])N(C)C. The van der Waals surface area contributed by atoms with Crippen LogP contribution in [0.25, 0.3) is 10.9 Å². The Kier molecular flexibility index (Phi) is 1.76. The second kappa shape index (κ2) is 5.77. The number of H-pyrrole nitrogens is 1. The molecule has 1 aliphatic rings. The lowest BCUT2D eigenvalue weighted by molar-refractivity contribution is 0.177. The van der Waals surface area contributed by atoms with Gasteiger partial charge in [-0.25, -0.2) is 4.79 Å². The highest BCUT2D eigenvalue weighted by molar-refractivity contribution is 5.84. The molecule has 112 valence electrons. The van der Waals surface area contributed by atoms with Gasteiger partial charge in [0.05, 0.1) is 11.5 Å². The molecule has 0 saturated carbocycles. The van der Waals surface area contributed by atoms with Gasteiger partial charge in [0, 0.05) is 31.8 Å². The van der Waals surface area contributed by atoms with E-state index in [0.29, 0.717) is 0 Å². The molecule has 1 atom stereocenters. The van der Waals surface area contributed by atoms with E-state index >= 15 is 0 Å². The Balaban J connectivity index is 2.37. The van der Waals surface area contributed by atoms with Crippen LogP contribution < -0.4 is 5.32 Å². The fourth-order valence-electron chi connectivity index (χ4n) is 1.85. The van der Waals surface area contributed by atoms with Crippen LogP contribution in [0.5, 0.6) is 0 Å². The topological polar surface area (TPSA) is 57.4 Å². The van der Waals surface area contributed by atoms with Crippen LogP contribution in [0.15, 0.2) is 24.3 Å². The summed E-state index contributed by atoms with van der Waals surface area (Å²) in [5, 5.41) is 1.90. The highest BCUT2D eigenvalue weighted by Gasteiger charge is 2.22. The standard InChI is InChI=1S/C16H21N3O2/c1-19(2)6-5-12-9-17-15-4-3-11(8-14(12)15)7-13-10-21-16(20)18-13/h3-4,8-9,13,17H,5-7,10H2,1-2H3,(H,18,20)/t13-/m0/s1/i3D,4D,5D2,6D2,7D2,8D,9D. The van der Waals surface area contributed by atoms with Crippen molar-refractivity contribution in [1.82, 2.24) is 15.2 Å². The van der Waals surface area contributed by atoms with Gasteiger partial charge in [-0.3, -0.25) is 0 Å². The van der Waals surface area contributed by atoms with Crippen LogP contribution >= 0.6 is 0 Å². The predicted octanol–water partition coefficient (Wildman–Crippen LogP) is 1.92. The zero-order valence-electron chi connectivity index (χ0n) is 21.5. The Hall–Kier alpha value is -2.01. The van der Waals surface area contributed by atoms with Crippen molar-refractivity contribution < 1.29 is 23.2 Å². The second-order valence-electron chi connectivity index (χ2n) is 4.70. The minimum absolute atomic E-state index is 0.236. The van der Waals surface area contributed by atoms with E-state index in [9.17, 15) is 4.79 Å². The van der Waals surface area contributed by atoms with Crippen molar-refractivity contribution in [2.45, 2.75) is 18.8 Å². The van der Waals surface area contributed by atoms with Crippen molar-refractivity contribution in [1.29, 1.82) is 0 Å². The molecule has 0 aliphatic carbocycles. The summed E-state index contributed by atoms with van der Waals surface area (Å²) in [4.78, 5) is 14.8. The molecular weight excluding hydrogens is 266 g/mol. The Morgan fingerprint density at radius 1 is 1.52 bits per heavy atom. The van der Waals surface area contributed by atoms with Crippen LogP contribution in [-0.4, -0.2) is 49.2 Å². The maximum atomic E-state index is 11.4. The van der Waals surface area contributed by atoms with Crippen molar-refractivity contribution >= 4 is 17.0 Å². The molecule has 2 aromatic rings. The molecule has 5 nitrogen and oxygen atoms in total. The van der Waals surface area contributed by atoms with Gasteiger partial charge in [-0.15, -0.1) is 0 Å². The van der Waals surface area contributed by atoms with Crippen LogP contribution in [0.1, 0.15) is 24.8 Å². The number of nitrogens with zero attached hydrogens (tertiary/aromatic N) is 1. The molecule has 3 rings (SSSR count). The Morgan fingerprint density at radius 3 is 3.10 bits per heavy atom. The third-order valence-corrected chi connectivity index (χ3v) is 2.77.